The predicted molar refractivity (Wildman–Crippen MR) is 77.7 cm³/mol. The van der Waals surface area contributed by atoms with E-state index in [2.05, 4.69) is 44.3 Å². The lowest BCUT2D eigenvalue weighted by molar-refractivity contribution is 0.298. The second-order valence-corrected chi connectivity index (χ2v) is 6.48. The molecule has 3 heteroatoms. The van der Waals surface area contributed by atoms with Crippen molar-refractivity contribution in [3.63, 3.8) is 0 Å². The molecule has 1 rings (SSSR count). The summed E-state index contributed by atoms with van der Waals surface area (Å²) in [7, 11) is 1.98. The zero-order valence-electron chi connectivity index (χ0n) is 12.7. The van der Waals surface area contributed by atoms with E-state index in [1.165, 1.54) is 24.8 Å². The first kappa shape index (κ1) is 15.2. The normalized spacial score (nSPS) is 13.8. The van der Waals surface area contributed by atoms with Crippen LogP contribution in [-0.2, 0) is 13.5 Å². The molecule has 0 aliphatic carbocycles. The molecule has 0 amide bonds. The lowest BCUT2D eigenvalue weighted by Gasteiger charge is -2.27. The molecule has 1 aromatic rings. The Morgan fingerprint density at radius 3 is 2.61 bits per heavy atom. The standard InChI is InChI=1S/C15H29N3/c1-6-9-16-14(10-15(2,3)4)8-7-13-11-17-18(5)12-13/h11-12,14,16H,6-10H2,1-5H3. The lowest BCUT2D eigenvalue weighted by atomic mass is 9.86. The monoisotopic (exact) mass is 251 g/mol. The lowest BCUT2D eigenvalue weighted by Crippen LogP contribution is -2.33. The summed E-state index contributed by atoms with van der Waals surface area (Å²) in [6.07, 6.45) is 8.84. The summed E-state index contributed by atoms with van der Waals surface area (Å²) in [6.45, 7) is 10.3. The maximum atomic E-state index is 4.23. The van der Waals surface area contributed by atoms with Gasteiger partial charge in [-0.2, -0.15) is 5.10 Å². The summed E-state index contributed by atoms with van der Waals surface area (Å²) in [4.78, 5) is 0. The van der Waals surface area contributed by atoms with Crippen LogP contribution in [0.2, 0.25) is 0 Å². The van der Waals surface area contributed by atoms with E-state index in [0.717, 1.165) is 13.0 Å². The van der Waals surface area contributed by atoms with E-state index >= 15 is 0 Å². The van der Waals surface area contributed by atoms with E-state index in [9.17, 15) is 0 Å². The molecule has 0 aliphatic heterocycles. The van der Waals surface area contributed by atoms with Crippen LogP contribution in [0.25, 0.3) is 0 Å². The molecule has 0 aliphatic rings. The van der Waals surface area contributed by atoms with E-state index in [-0.39, 0.29) is 0 Å². The maximum Gasteiger partial charge on any atom is 0.0521 e. The van der Waals surface area contributed by atoms with Gasteiger partial charge in [0, 0.05) is 19.3 Å². The number of nitrogens with one attached hydrogen (secondary N) is 1. The summed E-state index contributed by atoms with van der Waals surface area (Å²) < 4.78 is 1.88. The van der Waals surface area contributed by atoms with Gasteiger partial charge in [-0.3, -0.25) is 4.68 Å². The number of hydrogen-bond acceptors (Lipinski definition) is 2. The third-order valence-electron chi connectivity index (χ3n) is 3.08. The van der Waals surface area contributed by atoms with Crippen molar-refractivity contribution >= 4 is 0 Å². The zero-order valence-corrected chi connectivity index (χ0v) is 12.7. The Balaban J connectivity index is 2.44. The van der Waals surface area contributed by atoms with Crippen molar-refractivity contribution in [3.05, 3.63) is 18.0 Å². The molecule has 0 aromatic carbocycles. The topological polar surface area (TPSA) is 29.9 Å². The summed E-state index contributed by atoms with van der Waals surface area (Å²) in [6, 6.07) is 0.616. The molecule has 1 aromatic heterocycles. The first-order chi connectivity index (χ1) is 8.40. The highest BCUT2D eigenvalue weighted by atomic mass is 15.2. The molecule has 0 radical (unpaired) electrons. The molecule has 1 heterocycles. The summed E-state index contributed by atoms with van der Waals surface area (Å²) in [5.41, 5.74) is 1.73. The van der Waals surface area contributed by atoms with Crippen molar-refractivity contribution in [1.29, 1.82) is 0 Å². The van der Waals surface area contributed by atoms with Crippen LogP contribution in [0.15, 0.2) is 12.4 Å². The minimum absolute atomic E-state index is 0.389. The second-order valence-electron chi connectivity index (χ2n) is 6.48. The molecule has 3 nitrogen and oxygen atoms in total. The molecular formula is C15H29N3. The van der Waals surface area contributed by atoms with Gasteiger partial charge < -0.3 is 5.32 Å². The summed E-state index contributed by atoms with van der Waals surface area (Å²) >= 11 is 0. The second kappa shape index (κ2) is 6.93. The van der Waals surface area contributed by atoms with Crippen molar-refractivity contribution in [3.8, 4) is 0 Å². The van der Waals surface area contributed by atoms with Gasteiger partial charge in [-0.1, -0.05) is 27.7 Å². The van der Waals surface area contributed by atoms with Crippen LogP contribution in [0.3, 0.4) is 0 Å². The third-order valence-corrected chi connectivity index (χ3v) is 3.08. The Morgan fingerprint density at radius 2 is 2.11 bits per heavy atom. The molecule has 0 spiro atoms. The van der Waals surface area contributed by atoms with Crippen molar-refractivity contribution in [2.45, 2.75) is 59.4 Å². The van der Waals surface area contributed by atoms with Gasteiger partial charge >= 0.3 is 0 Å². The van der Waals surface area contributed by atoms with Gasteiger partial charge in [-0.25, -0.2) is 0 Å². The number of rotatable bonds is 7. The van der Waals surface area contributed by atoms with E-state index in [4.69, 9.17) is 0 Å². The molecule has 0 bridgehead atoms. The Kier molecular flexibility index (Phi) is 5.86. The van der Waals surface area contributed by atoms with Gasteiger partial charge in [0.1, 0.15) is 0 Å². The first-order valence-electron chi connectivity index (χ1n) is 7.11. The molecular weight excluding hydrogens is 222 g/mol. The predicted octanol–water partition coefficient (Wildman–Crippen LogP) is 3.16. The van der Waals surface area contributed by atoms with Crippen LogP contribution >= 0.6 is 0 Å². The fourth-order valence-electron chi connectivity index (χ4n) is 2.31. The van der Waals surface area contributed by atoms with Crippen LogP contribution in [-0.4, -0.2) is 22.4 Å². The molecule has 1 unspecified atom stereocenters. The largest absolute Gasteiger partial charge is 0.314 e. The van der Waals surface area contributed by atoms with Crippen LogP contribution in [0.4, 0.5) is 0 Å². The molecule has 104 valence electrons. The van der Waals surface area contributed by atoms with Crippen molar-refractivity contribution in [2.24, 2.45) is 12.5 Å². The average molecular weight is 251 g/mol. The average Bonchev–Trinajstić information content (AvgIpc) is 2.66. The molecule has 0 fully saturated rings. The molecule has 18 heavy (non-hydrogen) atoms. The van der Waals surface area contributed by atoms with Crippen molar-refractivity contribution in [1.82, 2.24) is 15.1 Å². The van der Waals surface area contributed by atoms with E-state index in [0.29, 0.717) is 11.5 Å². The molecule has 1 N–H and O–H groups in total. The quantitative estimate of drug-likeness (QED) is 0.806. The van der Waals surface area contributed by atoms with Gasteiger partial charge in [-0.15, -0.1) is 0 Å². The van der Waals surface area contributed by atoms with Gasteiger partial charge in [0.05, 0.1) is 6.20 Å². The fraction of sp³-hybridized carbons (Fsp3) is 0.800. The van der Waals surface area contributed by atoms with Gasteiger partial charge in [0.2, 0.25) is 0 Å². The van der Waals surface area contributed by atoms with Gasteiger partial charge in [-0.05, 0) is 43.2 Å². The number of aromatic nitrogens is 2. The molecule has 0 saturated carbocycles. The Hall–Kier alpha value is -0.830. The number of aryl methyl sites for hydroxylation is 2. The van der Waals surface area contributed by atoms with Crippen LogP contribution in [0.1, 0.15) is 52.5 Å². The van der Waals surface area contributed by atoms with E-state index in [1.807, 2.05) is 17.9 Å². The first-order valence-corrected chi connectivity index (χ1v) is 7.11. The molecule has 0 saturated heterocycles. The number of hydrogen-bond donors (Lipinski definition) is 1. The third kappa shape index (κ3) is 6.20. The van der Waals surface area contributed by atoms with E-state index in [1.54, 1.807) is 0 Å². The number of nitrogens with zero attached hydrogens (tertiary/aromatic N) is 2. The Bertz CT molecular complexity index is 336. The van der Waals surface area contributed by atoms with E-state index < -0.39 is 0 Å². The highest BCUT2D eigenvalue weighted by Crippen LogP contribution is 2.23. The Labute approximate surface area is 112 Å². The minimum Gasteiger partial charge on any atom is -0.314 e. The van der Waals surface area contributed by atoms with Crippen molar-refractivity contribution < 1.29 is 0 Å². The van der Waals surface area contributed by atoms with Crippen LogP contribution < -0.4 is 5.32 Å². The smallest absolute Gasteiger partial charge is 0.0521 e. The maximum absolute atomic E-state index is 4.23. The summed E-state index contributed by atoms with van der Waals surface area (Å²) in [5.74, 6) is 0. The van der Waals surface area contributed by atoms with Gasteiger partial charge in [0.15, 0.2) is 0 Å². The highest BCUT2D eigenvalue weighted by Gasteiger charge is 2.18. The van der Waals surface area contributed by atoms with Crippen LogP contribution in [0, 0.1) is 5.41 Å². The fourth-order valence-corrected chi connectivity index (χ4v) is 2.31. The zero-order chi connectivity index (χ0) is 13.6. The SMILES string of the molecule is CCCNC(CCc1cnn(C)c1)CC(C)(C)C. The minimum atomic E-state index is 0.389. The van der Waals surface area contributed by atoms with Crippen LogP contribution in [0.5, 0.6) is 0 Å². The summed E-state index contributed by atoms with van der Waals surface area (Å²) in [5, 5.41) is 7.90. The van der Waals surface area contributed by atoms with Gasteiger partial charge in [0.25, 0.3) is 0 Å². The highest BCUT2D eigenvalue weighted by molar-refractivity contribution is 5.04. The molecule has 1 atom stereocenters. The van der Waals surface area contributed by atoms with Crippen molar-refractivity contribution in [2.75, 3.05) is 6.54 Å². The Morgan fingerprint density at radius 1 is 1.39 bits per heavy atom.